The van der Waals surface area contributed by atoms with Crippen molar-refractivity contribution in [3.63, 3.8) is 0 Å². The molecule has 0 N–H and O–H groups in total. The number of aldehydes is 1. The Bertz CT molecular complexity index is 848. The third kappa shape index (κ3) is 7.05. The summed E-state index contributed by atoms with van der Waals surface area (Å²) in [6.45, 7) is 4.21. The molecule has 1 aromatic carbocycles. The van der Waals surface area contributed by atoms with Crippen LogP contribution in [0.15, 0.2) is 24.3 Å². The van der Waals surface area contributed by atoms with E-state index in [0.717, 1.165) is 20.8 Å². The lowest BCUT2D eigenvalue weighted by atomic mass is 9.98. The average molecular weight is 452 g/mol. The van der Waals surface area contributed by atoms with Crippen molar-refractivity contribution in [1.29, 1.82) is 0 Å². The Kier molecular flexibility index (Phi) is 8.71. The Labute approximate surface area is 183 Å². The molecule has 0 aromatic heterocycles. The maximum absolute atomic E-state index is 11.8. The van der Waals surface area contributed by atoms with Gasteiger partial charge in [0.2, 0.25) is 12.4 Å². The number of hydrogen-bond acceptors (Lipinski definition) is 11. The standard InChI is InChI=1S/C21H24O11/c1-11(23)27-10-17-18(28-12(2)24)19(29-13(3)25)20(30-14(4)26)21(32-17)31-16-7-5-15(9-22)6-8-16/h5-9,17-21H,10H2,1-4H3/t17-,18-,19+,20-,21-/m1/s1. The third-order valence-electron chi connectivity index (χ3n) is 4.22. The van der Waals surface area contributed by atoms with Crippen molar-refractivity contribution in [2.24, 2.45) is 0 Å². The van der Waals surface area contributed by atoms with Crippen LogP contribution in [0.4, 0.5) is 0 Å². The molecular formula is C21H24O11. The molecule has 32 heavy (non-hydrogen) atoms. The van der Waals surface area contributed by atoms with Gasteiger partial charge in [-0.3, -0.25) is 24.0 Å². The van der Waals surface area contributed by atoms with Crippen LogP contribution in [0.3, 0.4) is 0 Å². The van der Waals surface area contributed by atoms with Crippen molar-refractivity contribution < 1.29 is 52.4 Å². The minimum absolute atomic E-state index is 0.247. The summed E-state index contributed by atoms with van der Waals surface area (Å²) in [7, 11) is 0. The zero-order chi connectivity index (χ0) is 23.8. The summed E-state index contributed by atoms with van der Waals surface area (Å²) in [5.41, 5.74) is 0.402. The number of hydrogen-bond donors (Lipinski definition) is 0. The molecule has 11 heteroatoms. The van der Waals surface area contributed by atoms with E-state index in [2.05, 4.69) is 0 Å². The van der Waals surface area contributed by atoms with Gasteiger partial charge in [-0.15, -0.1) is 0 Å². The molecule has 0 spiro atoms. The first-order chi connectivity index (χ1) is 15.1. The second-order valence-corrected chi connectivity index (χ2v) is 6.87. The molecule has 0 bridgehead atoms. The first kappa shape index (κ1) is 24.8. The molecule has 11 nitrogen and oxygen atoms in total. The van der Waals surface area contributed by atoms with Gasteiger partial charge in [-0.2, -0.15) is 0 Å². The Hall–Kier alpha value is -3.47. The Morgan fingerprint density at radius 3 is 1.84 bits per heavy atom. The molecule has 0 aliphatic carbocycles. The van der Waals surface area contributed by atoms with E-state index in [1.165, 1.54) is 31.2 Å². The first-order valence-corrected chi connectivity index (χ1v) is 9.63. The van der Waals surface area contributed by atoms with Crippen LogP contribution in [0, 0.1) is 0 Å². The molecule has 1 aliphatic rings. The van der Waals surface area contributed by atoms with Crippen LogP contribution in [-0.4, -0.2) is 67.5 Å². The molecular weight excluding hydrogens is 428 g/mol. The molecule has 174 valence electrons. The maximum atomic E-state index is 11.8. The van der Waals surface area contributed by atoms with Gasteiger partial charge in [-0.05, 0) is 24.3 Å². The fraction of sp³-hybridized carbons (Fsp3) is 0.476. The highest BCUT2D eigenvalue weighted by Crippen LogP contribution is 2.31. The van der Waals surface area contributed by atoms with Gasteiger partial charge >= 0.3 is 23.9 Å². The third-order valence-corrected chi connectivity index (χ3v) is 4.22. The summed E-state index contributed by atoms with van der Waals surface area (Å²) in [5, 5.41) is 0. The molecule has 1 aromatic rings. The van der Waals surface area contributed by atoms with E-state index in [-0.39, 0.29) is 12.4 Å². The van der Waals surface area contributed by atoms with Gasteiger partial charge in [0.15, 0.2) is 12.2 Å². The smallest absolute Gasteiger partial charge is 0.303 e. The molecule has 0 saturated carbocycles. The fourth-order valence-electron chi connectivity index (χ4n) is 3.04. The van der Waals surface area contributed by atoms with Crippen molar-refractivity contribution in [1.82, 2.24) is 0 Å². The largest absolute Gasteiger partial charge is 0.463 e. The maximum Gasteiger partial charge on any atom is 0.303 e. The van der Waals surface area contributed by atoms with Gasteiger partial charge < -0.3 is 28.4 Å². The average Bonchev–Trinajstić information content (AvgIpc) is 2.70. The highest BCUT2D eigenvalue weighted by atomic mass is 16.7. The van der Waals surface area contributed by atoms with Crippen molar-refractivity contribution in [3.05, 3.63) is 29.8 Å². The van der Waals surface area contributed by atoms with Crippen LogP contribution < -0.4 is 4.74 Å². The normalized spacial score (nSPS) is 24.6. The second kappa shape index (κ2) is 11.2. The van der Waals surface area contributed by atoms with E-state index in [1.807, 2.05) is 0 Å². The summed E-state index contributed by atoms with van der Waals surface area (Å²) in [6.07, 6.45) is -5.72. The fourth-order valence-corrected chi connectivity index (χ4v) is 3.04. The van der Waals surface area contributed by atoms with Crippen molar-refractivity contribution in [3.8, 4) is 5.75 Å². The van der Waals surface area contributed by atoms with E-state index in [0.29, 0.717) is 11.8 Å². The predicted molar refractivity (Wildman–Crippen MR) is 104 cm³/mol. The number of carbonyl (C=O) groups excluding carboxylic acids is 5. The number of esters is 4. The van der Waals surface area contributed by atoms with E-state index >= 15 is 0 Å². The lowest BCUT2D eigenvalue weighted by Gasteiger charge is -2.43. The quantitative estimate of drug-likeness (QED) is 0.316. The minimum Gasteiger partial charge on any atom is -0.463 e. The van der Waals surface area contributed by atoms with Gasteiger partial charge in [0.25, 0.3) is 0 Å². The highest BCUT2D eigenvalue weighted by molar-refractivity contribution is 5.74. The molecule has 1 heterocycles. The Balaban J connectivity index is 2.43. The Morgan fingerprint density at radius 1 is 0.812 bits per heavy atom. The number of carbonyl (C=O) groups is 5. The molecule has 0 unspecified atom stereocenters. The summed E-state index contributed by atoms with van der Waals surface area (Å²) < 4.78 is 32.5. The van der Waals surface area contributed by atoms with Crippen LogP contribution in [0.25, 0.3) is 0 Å². The van der Waals surface area contributed by atoms with Crippen molar-refractivity contribution in [2.75, 3.05) is 6.61 Å². The number of benzene rings is 1. The van der Waals surface area contributed by atoms with Gasteiger partial charge in [-0.25, -0.2) is 0 Å². The first-order valence-electron chi connectivity index (χ1n) is 9.63. The van der Waals surface area contributed by atoms with Crippen LogP contribution in [0.5, 0.6) is 5.75 Å². The van der Waals surface area contributed by atoms with Crippen LogP contribution in [-0.2, 0) is 42.9 Å². The molecule has 5 atom stereocenters. The lowest BCUT2D eigenvalue weighted by Crippen LogP contribution is -2.63. The van der Waals surface area contributed by atoms with Crippen molar-refractivity contribution in [2.45, 2.75) is 58.4 Å². The molecule has 2 rings (SSSR count). The highest BCUT2D eigenvalue weighted by Gasteiger charge is 2.53. The van der Waals surface area contributed by atoms with E-state index in [4.69, 9.17) is 28.4 Å². The SMILES string of the molecule is CC(=O)OC[C@H]1O[C@@H](Oc2ccc(C=O)cc2)[C@H](OC(C)=O)[C@@H](OC(C)=O)[C@@H]1OC(C)=O. The van der Waals surface area contributed by atoms with Crippen molar-refractivity contribution >= 4 is 30.2 Å². The van der Waals surface area contributed by atoms with E-state index in [1.54, 1.807) is 0 Å². The van der Waals surface area contributed by atoms with Crippen LogP contribution >= 0.6 is 0 Å². The summed E-state index contributed by atoms with van der Waals surface area (Å²) in [6, 6.07) is 5.96. The lowest BCUT2D eigenvalue weighted by molar-refractivity contribution is -0.288. The molecule has 0 amide bonds. The topological polar surface area (TPSA) is 141 Å². The van der Waals surface area contributed by atoms with Gasteiger partial charge in [0, 0.05) is 33.3 Å². The monoisotopic (exact) mass is 452 g/mol. The summed E-state index contributed by atoms with van der Waals surface area (Å²) in [4.78, 5) is 57.4. The van der Waals surface area contributed by atoms with Crippen LogP contribution in [0.1, 0.15) is 38.1 Å². The minimum atomic E-state index is -1.34. The summed E-state index contributed by atoms with van der Waals surface area (Å²) >= 11 is 0. The van der Waals surface area contributed by atoms with Gasteiger partial charge in [-0.1, -0.05) is 0 Å². The van der Waals surface area contributed by atoms with Gasteiger partial charge in [0.1, 0.15) is 24.7 Å². The number of rotatable bonds is 8. The van der Waals surface area contributed by atoms with E-state index in [9.17, 15) is 24.0 Å². The molecule has 1 saturated heterocycles. The zero-order valence-corrected chi connectivity index (χ0v) is 18.0. The predicted octanol–water partition coefficient (Wildman–Crippen LogP) is 0.961. The van der Waals surface area contributed by atoms with Crippen LogP contribution in [0.2, 0.25) is 0 Å². The zero-order valence-electron chi connectivity index (χ0n) is 18.0. The van der Waals surface area contributed by atoms with Gasteiger partial charge in [0.05, 0.1) is 0 Å². The molecule has 1 aliphatic heterocycles. The number of ether oxygens (including phenoxy) is 6. The second-order valence-electron chi connectivity index (χ2n) is 6.87. The Morgan fingerprint density at radius 2 is 1.34 bits per heavy atom. The summed E-state index contributed by atoms with van der Waals surface area (Å²) in [5.74, 6) is -2.58. The molecule has 1 fully saturated rings. The molecule has 0 radical (unpaired) electrons. The van der Waals surface area contributed by atoms with E-state index < -0.39 is 54.6 Å².